The minimum absolute atomic E-state index is 0.206. The number of para-hydroxylation sites is 2. The summed E-state index contributed by atoms with van der Waals surface area (Å²) in [6.07, 6.45) is 1.49. The molecular weight excluding hydrogens is 371 g/mol. The highest BCUT2D eigenvalue weighted by molar-refractivity contribution is 5.90. The van der Waals surface area contributed by atoms with Crippen molar-refractivity contribution in [2.45, 2.75) is 6.54 Å². The summed E-state index contributed by atoms with van der Waals surface area (Å²) in [4.78, 5) is 21.3. The van der Waals surface area contributed by atoms with Gasteiger partial charge in [-0.3, -0.25) is 4.90 Å². The topological polar surface area (TPSA) is 70.2 Å². The molecule has 1 saturated heterocycles. The fraction of sp³-hybridized carbons (Fsp3) is 0.286. The second-order valence-electron chi connectivity index (χ2n) is 7.17. The summed E-state index contributed by atoms with van der Waals surface area (Å²) >= 11 is 0. The highest BCUT2D eigenvalue weighted by Gasteiger charge is 2.21. The molecule has 1 aliphatic heterocycles. The van der Waals surface area contributed by atoms with Gasteiger partial charge >= 0.3 is 0 Å². The highest BCUT2D eigenvalue weighted by atomic mass is 19.1. The molecule has 0 bridgehead atoms. The van der Waals surface area contributed by atoms with E-state index in [0.717, 1.165) is 60.8 Å². The van der Waals surface area contributed by atoms with Gasteiger partial charge in [0.25, 0.3) is 0 Å². The quantitative estimate of drug-likeness (QED) is 0.576. The Hall–Kier alpha value is -3.26. The minimum Gasteiger partial charge on any atom is -0.494 e. The summed E-state index contributed by atoms with van der Waals surface area (Å²) in [5, 5.41) is 0.802. The standard InChI is InChI=1S/C21H21FN6O/c1-29-19-10-14-18(11-15(19)22)23-13-24-21(14)28-8-6-27(7-9-28)12-20-25-16-4-2-3-5-17(16)26-20/h2-5,10-11,13H,6-9,12H2,1H3,(H,25,26). The van der Waals surface area contributed by atoms with E-state index in [1.165, 1.54) is 19.5 Å². The number of nitrogens with zero attached hydrogens (tertiary/aromatic N) is 5. The number of hydrogen-bond acceptors (Lipinski definition) is 6. The molecule has 0 unspecified atom stereocenters. The maximum atomic E-state index is 14.0. The number of piperazine rings is 1. The fourth-order valence-corrected chi connectivity index (χ4v) is 3.86. The number of halogens is 1. The Morgan fingerprint density at radius 1 is 1.07 bits per heavy atom. The summed E-state index contributed by atoms with van der Waals surface area (Å²) in [6, 6.07) is 11.2. The molecule has 1 aliphatic rings. The van der Waals surface area contributed by atoms with Crippen LogP contribution in [0.4, 0.5) is 10.2 Å². The number of benzene rings is 2. The number of ether oxygens (including phenoxy) is 1. The van der Waals surface area contributed by atoms with Gasteiger partial charge in [0.1, 0.15) is 18.0 Å². The van der Waals surface area contributed by atoms with Crippen molar-refractivity contribution >= 4 is 27.8 Å². The Balaban J connectivity index is 1.32. The lowest BCUT2D eigenvalue weighted by Gasteiger charge is -2.35. The van der Waals surface area contributed by atoms with Crippen LogP contribution >= 0.6 is 0 Å². The smallest absolute Gasteiger partial charge is 0.167 e. The molecule has 7 nitrogen and oxygen atoms in total. The molecule has 2 aromatic carbocycles. The predicted octanol–water partition coefficient (Wildman–Crippen LogP) is 2.98. The van der Waals surface area contributed by atoms with Crippen LogP contribution < -0.4 is 9.64 Å². The Labute approximate surface area is 167 Å². The van der Waals surface area contributed by atoms with Gasteiger partial charge in [0.2, 0.25) is 0 Å². The number of aromatic nitrogens is 4. The lowest BCUT2D eigenvalue weighted by atomic mass is 10.2. The third-order valence-electron chi connectivity index (χ3n) is 5.37. The number of aromatic amines is 1. The average molecular weight is 392 g/mol. The van der Waals surface area contributed by atoms with Gasteiger partial charge < -0.3 is 14.6 Å². The van der Waals surface area contributed by atoms with Gasteiger partial charge in [0.15, 0.2) is 11.6 Å². The summed E-state index contributed by atoms with van der Waals surface area (Å²) in [5.74, 6) is 1.58. The molecule has 4 aromatic rings. The number of nitrogens with one attached hydrogen (secondary N) is 1. The first-order valence-corrected chi connectivity index (χ1v) is 9.60. The number of imidazole rings is 1. The highest BCUT2D eigenvalue weighted by Crippen LogP contribution is 2.29. The molecule has 29 heavy (non-hydrogen) atoms. The van der Waals surface area contributed by atoms with Crippen molar-refractivity contribution in [3.63, 3.8) is 0 Å². The van der Waals surface area contributed by atoms with E-state index in [1.54, 1.807) is 6.07 Å². The van der Waals surface area contributed by atoms with Gasteiger partial charge in [-0.25, -0.2) is 19.3 Å². The maximum Gasteiger partial charge on any atom is 0.167 e. The summed E-state index contributed by atoms with van der Waals surface area (Å²) in [6.45, 7) is 4.21. The fourth-order valence-electron chi connectivity index (χ4n) is 3.86. The van der Waals surface area contributed by atoms with Crippen molar-refractivity contribution in [2.24, 2.45) is 0 Å². The van der Waals surface area contributed by atoms with Crippen molar-refractivity contribution in [1.82, 2.24) is 24.8 Å². The lowest BCUT2D eigenvalue weighted by Crippen LogP contribution is -2.46. The van der Waals surface area contributed by atoms with Gasteiger partial charge in [0.05, 0.1) is 30.2 Å². The van der Waals surface area contributed by atoms with Crippen molar-refractivity contribution < 1.29 is 9.13 Å². The monoisotopic (exact) mass is 392 g/mol. The van der Waals surface area contributed by atoms with Crippen molar-refractivity contribution in [2.75, 3.05) is 38.2 Å². The van der Waals surface area contributed by atoms with E-state index in [9.17, 15) is 4.39 Å². The van der Waals surface area contributed by atoms with Gasteiger partial charge in [-0.05, 0) is 18.2 Å². The average Bonchev–Trinajstić information content (AvgIpc) is 3.15. The van der Waals surface area contributed by atoms with Crippen LogP contribution in [0.15, 0.2) is 42.7 Å². The van der Waals surface area contributed by atoms with Crippen LogP contribution in [0.5, 0.6) is 5.75 Å². The lowest BCUT2D eigenvalue weighted by molar-refractivity contribution is 0.244. The van der Waals surface area contributed by atoms with Crippen LogP contribution in [0.25, 0.3) is 21.9 Å². The molecule has 2 aromatic heterocycles. The van der Waals surface area contributed by atoms with Crippen LogP contribution in [0, 0.1) is 5.82 Å². The zero-order chi connectivity index (χ0) is 19.8. The van der Waals surface area contributed by atoms with E-state index in [-0.39, 0.29) is 5.75 Å². The summed E-state index contributed by atoms with van der Waals surface area (Å²) in [5.41, 5.74) is 2.64. The Morgan fingerprint density at radius 2 is 1.90 bits per heavy atom. The zero-order valence-electron chi connectivity index (χ0n) is 16.1. The second kappa shape index (κ2) is 7.29. The molecule has 1 fully saturated rings. The molecule has 8 heteroatoms. The molecule has 0 saturated carbocycles. The first kappa shape index (κ1) is 17.8. The van der Waals surface area contributed by atoms with Crippen LogP contribution in [0.2, 0.25) is 0 Å². The van der Waals surface area contributed by atoms with Crippen molar-refractivity contribution in [3.05, 3.63) is 54.4 Å². The number of hydrogen-bond donors (Lipinski definition) is 1. The van der Waals surface area contributed by atoms with Gasteiger partial charge in [-0.2, -0.15) is 0 Å². The van der Waals surface area contributed by atoms with Crippen LogP contribution in [0.1, 0.15) is 5.82 Å². The molecule has 0 atom stereocenters. The Kier molecular flexibility index (Phi) is 4.48. The molecule has 148 valence electrons. The molecule has 3 heterocycles. The minimum atomic E-state index is -0.416. The first-order valence-electron chi connectivity index (χ1n) is 9.60. The van der Waals surface area contributed by atoms with Gasteiger partial charge in [0, 0.05) is 37.6 Å². The van der Waals surface area contributed by atoms with E-state index >= 15 is 0 Å². The van der Waals surface area contributed by atoms with Gasteiger partial charge in [-0.1, -0.05) is 12.1 Å². The number of anilines is 1. The van der Waals surface area contributed by atoms with Crippen LogP contribution in [-0.2, 0) is 6.54 Å². The number of fused-ring (bicyclic) bond motifs is 2. The first-order chi connectivity index (χ1) is 14.2. The van der Waals surface area contributed by atoms with E-state index in [2.05, 4.69) is 29.7 Å². The predicted molar refractivity (Wildman–Crippen MR) is 110 cm³/mol. The summed E-state index contributed by atoms with van der Waals surface area (Å²) in [7, 11) is 1.46. The molecule has 1 N–H and O–H groups in total. The van der Waals surface area contributed by atoms with Crippen molar-refractivity contribution in [1.29, 1.82) is 0 Å². The SMILES string of the molecule is COc1cc2c(N3CCN(Cc4nc5ccccc5[nH]4)CC3)ncnc2cc1F. The van der Waals surface area contributed by atoms with Crippen molar-refractivity contribution in [3.8, 4) is 5.75 Å². The molecule has 0 aliphatic carbocycles. The summed E-state index contributed by atoms with van der Waals surface area (Å²) < 4.78 is 19.2. The largest absolute Gasteiger partial charge is 0.494 e. The van der Waals surface area contributed by atoms with Crippen LogP contribution in [-0.4, -0.2) is 58.1 Å². The van der Waals surface area contributed by atoms with Crippen LogP contribution in [0.3, 0.4) is 0 Å². The molecule has 0 radical (unpaired) electrons. The van der Waals surface area contributed by atoms with Gasteiger partial charge in [-0.15, -0.1) is 0 Å². The Bertz CT molecular complexity index is 1140. The zero-order valence-corrected chi connectivity index (χ0v) is 16.1. The van der Waals surface area contributed by atoms with E-state index in [1.807, 2.05) is 24.3 Å². The molecule has 0 amide bonds. The van der Waals surface area contributed by atoms with E-state index in [4.69, 9.17) is 4.74 Å². The molecular formula is C21H21FN6O. The molecule has 0 spiro atoms. The second-order valence-corrected chi connectivity index (χ2v) is 7.17. The third kappa shape index (κ3) is 3.36. The molecule has 5 rings (SSSR count). The van der Waals surface area contributed by atoms with E-state index in [0.29, 0.717) is 5.52 Å². The third-order valence-corrected chi connectivity index (χ3v) is 5.37. The number of rotatable bonds is 4. The number of H-pyrrole nitrogens is 1. The van der Waals surface area contributed by atoms with E-state index < -0.39 is 5.82 Å². The maximum absolute atomic E-state index is 14.0. The number of methoxy groups -OCH3 is 1. The normalized spacial score (nSPS) is 15.3. The Morgan fingerprint density at radius 3 is 2.69 bits per heavy atom.